The lowest BCUT2D eigenvalue weighted by Crippen LogP contribution is -2.42. The van der Waals surface area contributed by atoms with Crippen LogP contribution in [-0.2, 0) is 22.6 Å². The first-order valence-corrected chi connectivity index (χ1v) is 4.76. The van der Waals surface area contributed by atoms with Gasteiger partial charge in [0.05, 0.1) is 5.69 Å². The second-order valence-electron chi connectivity index (χ2n) is 3.18. The number of carbonyl (C=O) groups is 2. The van der Waals surface area contributed by atoms with Crippen LogP contribution in [0.4, 0.5) is 0 Å². The molecule has 0 fully saturated rings. The maximum atomic E-state index is 11.2. The fraction of sp³-hybridized carbons (Fsp3) is 0.500. The van der Waals surface area contributed by atoms with Gasteiger partial charge in [0.2, 0.25) is 5.91 Å². The van der Waals surface area contributed by atoms with E-state index in [9.17, 15) is 9.59 Å². The van der Waals surface area contributed by atoms with Crippen molar-refractivity contribution in [2.24, 2.45) is 5.73 Å². The molecule has 0 spiro atoms. The third-order valence-electron chi connectivity index (χ3n) is 1.67. The molecule has 0 saturated heterocycles. The fourth-order valence-corrected chi connectivity index (χ4v) is 1.02. The summed E-state index contributed by atoms with van der Waals surface area (Å²) in [5.41, 5.74) is 10.5. The summed E-state index contributed by atoms with van der Waals surface area (Å²) in [4.78, 5) is 21.8. The van der Waals surface area contributed by atoms with Gasteiger partial charge in [-0.3, -0.25) is 20.4 Å². The Bertz CT molecular complexity index is 374. The molecule has 1 heterocycles. The largest absolute Gasteiger partial charge is 0.330 e. The van der Waals surface area contributed by atoms with Crippen molar-refractivity contribution in [2.45, 2.75) is 19.9 Å². The van der Waals surface area contributed by atoms with Crippen LogP contribution in [0, 0.1) is 0 Å². The summed E-state index contributed by atoms with van der Waals surface area (Å²) < 4.78 is 1.38. The average Bonchev–Trinajstić information content (AvgIpc) is 2.63. The van der Waals surface area contributed by atoms with E-state index in [1.54, 1.807) is 6.20 Å². The van der Waals surface area contributed by atoms with E-state index >= 15 is 0 Å². The lowest BCUT2D eigenvalue weighted by atomic mass is 10.3. The Labute approximate surface area is 92.1 Å². The van der Waals surface area contributed by atoms with Crippen molar-refractivity contribution < 1.29 is 9.59 Å². The SMILES string of the molecule is CC(=O)NNC(=O)Cn1cc(CCN)nn1. The van der Waals surface area contributed by atoms with Crippen LogP contribution in [-0.4, -0.2) is 33.4 Å². The van der Waals surface area contributed by atoms with Gasteiger partial charge in [0.15, 0.2) is 0 Å². The summed E-state index contributed by atoms with van der Waals surface area (Å²) >= 11 is 0. The molecular formula is C8H14N6O2. The van der Waals surface area contributed by atoms with Crippen LogP contribution in [0.25, 0.3) is 0 Å². The summed E-state index contributed by atoms with van der Waals surface area (Å²) in [7, 11) is 0. The molecule has 1 aromatic heterocycles. The van der Waals surface area contributed by atoms with Gasteiger partial charge in [-0.15, -0.1) is 5.10 Å². The predicted octanol–water partition coefficient (Wildman–Crippen LogP) is -2.05. The van der Waals surface area contributed by atoms with Crippen molar-refractivity contribution in [2.75, 3.05) is 6.54 Å². The van der Waals surface area contributed by atoms with Crippen molar-refractivity contribution in [1.29, 1.82) is 0 Å². The predicted molar refractivity (Wildman–Crippen MR) is 54.7 cm³/mol. The zero-order chi connectivity index (χ0) is 12.0. The quantitative estimate of drug-likeness (QED) is 0.511. The fourth-order valence-electron chi connectivity index (χ4n) is 1.02. The van der Waals surface area contributed by atoms with Crippen LogP contribution >= 0.6 is 0 Å². The Morgan fingerprint density at radius 1 is 1.50 bits per heavy atom. The van der Waals surface area contributed by atoms with Crippen molar-refractivity contribution in [3.05, 3.63) is 11.9 Å². The highest BCUT2D eigenvalue weighted by Crippen LogP contribution is 1.92. The first-order valence-electron chi connectivity index (χ1n) is 4.76. The number of hydrogen-bond donors (Lipinski definition) is 3. The number of carbonyl (C=O) groups excluding carboxylic acids is 2. The molecule has 0 bridgehead atoms. The van der Waals surface area contributed by atoms with Gasteiger partial charge in [-0.2, -0.15) is 0 Å². The zero-order valence-electron chi connectivity index (χ0n) is 8.93. The van der Waals surface area contributed by atoms with Gasteiger partial charge < -0.3 is 5.73 Å². The molecule has 88 valence electrons. The minimum absolute atomic E-state index is 0.00213. The molecule has 8 heteroatoms. The maximum Gasteiger partial charge on any atom is 0.260 e. The van der Waals surface area contributed by atoms with Gasteiger partial charge in [-0.05, 0) is 6.54 Å². The van der Waals surface area contributed by atoms with E-state index in [2.05, 4.69) is 21.2 Å². The molecule has 0 aliphatic heterocycles. The molecule has 0 atom stereocenters. The summed E-state index contributed by atoms with van der Waals surface area (Å²) in [5, 5.41) is 7.56. The Morgan fingerprint density at radius 2 is 2.25 bits per heavy atom. The highest BCUT2D eigenvalue weighted by atomic mass is 16.2. The number of amides is 2. The van der Waals surface area contributed by atoms with Crippen LogP contribution < -0.4 is 16.6 Å². The van der Waals surface area contributed by atoms with E-state index in [4.69, 9.17) is 5.73 Å². The number of nitrogens with one attached hydrogen (secondary N) is 2. The van der Waals surface area contributed by atoms with Gasteiger partial charge in [0.1, 0.15) is 6.54 Å². The van der Waals surface area contributed by atoms with Crippen LogP contribution in [0.2, 0.25) is 0 Å². The first kappa shape index (κ1) is 12.1. The van der Waals surface area contributed by atoms with Crippen LogP contribution in [0.3, 0.4) is 0 Å². The molecule has 4 N–H and O–H groups in total. The van der Waals surface area contributed by atoms with Crippen LogP contribution in [0.1, 0.15) is 12.6 Å². The minimum Gasteiger partial charge on any atom is -0.330 e. The molecule has 16 heavy (non-hydrogen) atoms. The average molecular weight is 226 g/mol. The Morgan fingerprint density at radius 3 is 2.88 bits per heavy atom. The molecule has 0 unspecified atom stereocenters. The first-order chi connectivity index (χ1) is 7.61. The Hall–Kier alpha value is -1.96. The second kappa shape index (κ2) is 5.81. The van der Waals surface area contributed by atoms with E-state index in [1.165, 1.54) is 11.6 Å². The third-order valence-corrected chi connectivity index (χ3v) is 1.67. The standard InChI is InChI=1S/C8H14N6O2/c1-6(15)10-12-8(16)5-14-4-7(2-3-9)11-13-14/h4H,2-3,5,9H2,1H3,(H,10,15)(H,12,16). The van der Waals surface area contributed by atoms with Gasteiger partial charge in [0.25, 0.3) is 5.91 Å². The Kier molecular flexibility index (Phi) is 4.40. The Balaban J connectivity index is 2.40. The van der Waals surface area contributed by atoms with E-state index in [1.807, 2.05) is 0 Å². The summed E-state index contributed by atoms with van der Waals surface area (Å²) in [5.74, 6) is -0.713. The van der Waals surface area contributed by atoms with Gasteiger partial charge in [-0.25, -0.2) is 4.68 Å². The summed E-state index contributed by atoms with van der Waals surface area (Å²) in [6, 6.07) is 0. The molecule has 0 aromatic carbocycles. The van der Waals surface area contributed by atoms with Crippen LogP contribution in [0.5, 0.6) is 0 Å². The van der Waals surface area contributed by atoms with Crippen molar-refractivity contribution in [3.63, 3.8) is 0 Å². The molecular weight excluding hydrogens is 212 g/mol. The van der Waals surface area contributed by atoms with E-state index in [-0.39, 0.29) is 18.4 Å². The van der Waals surface area contributed by atoms with Crippen LogP contribution in [0.15, 0.2) is 6.20 Å². The zero-order valence-corrected chi connectivity index (χ0v) is 8.93. The molecule has 2 amide bonds. The molecule has 0 aliphatic rings. The molecule has 0 radical (unpaired) electrons. The summed E-state index contributed by atoms with van der Waals surface area (Å²) in [6.45, 7) is 1.78. The molecule has 8 nitrogen and oxygen atoms in total. The number of hydrazine groups is 1. The third kappa shape index (κ3) is 4.05. The van der Waals surface area contributed by atoms with E-state index in [0.717, 1.165) is 5.69 Å². The molecule has 1 aromatic rings. The lowest BCUT2D eigenvalue weighted by molar-refractivity contribution is -0.128. The minimum atomic E-state index is -0.376. The van der Waals surface area contributed by atoms with Gasteiger partial charge in [-0.1, -0.05) is 5.21 Å². The highest BCUT2D eigenvalue weighted by Gasteiger charge is 2.05. The second-order valence-corrected chi connectivity index (χ2v) is 3.18. The number of nitrogens with zero attached hydrogens (tertiary/aromatic N) is 3. The maximum absolute atomic E-state index is 11.2. The monoisotopic (exact) mass is 226 g/mol. The van der Waals surface area contributed by atoms with Gasteiger partial charge in [0, 0.05) is 19.5 Å². The normalized spacial score (nSPS) is 9.88. The van der Waals surface area contributed by atoms with Crippen molar-refractivity contribution >= 4 is 11.8 Å². The molecule has 0 aliphatic carbocycles. The van der Waals surface area contributed by atoms with Crippen molar-refractivity contribution in [1.82, 2.24) is 25.8 Å². The van der Waals surface area contributed by atoms with Crippen molar-refractivity contribution in [3.8, 4) is 0 Å². The molecule has 0 saturated carbocycles. The smallest absolute Gasteiger partial charge is 0.260 e. The number of hydrogen-bond acceptors (Lipinski definition) is 5. The number of nitrogens with two attached hydrogens (primary N) is 1. The highest BCUT2D eigenvalue weighted by molar-refractivity contribution is 5.80. The van der Waals surface area contributed by atoms with E-state index in [0.29, 0.717) is 13.0 Å². The van der Waals surface area contributed by atoms with Gasteiger partial charge >= 0.3 is 0 Å². The van der Waals surface area contributed by atoms with E-state index < -0.39 is 0 Å². The topological polar surface area (TPSA) is 115 Å². The lowest BCUT2D eigenvalue weighted by Gasteiger charge is -2.03. The number of aromatic nitrogens is 3. The summed E-state index contributed by atoms with van der Waals surface area (Å²) in [6.07, 6.45) is 2.26. The molecule has 1 rings (SSSR count). The number of rotatable bonds is 4.